The Morgan fingerprint density at radius 1 is 1.24 bits per heavy atom. The number of amides is 1. The third kappa shape index (κ3) is 4.72. The summed E-state index contributed by atoms with van der Waals surface area (Å²) in [4.78, 5) is 23.8. The highest BCUT2D eigenvalue weighted by molar-refractivity contribution is 5.87. The summed E-state index contributed by atoms with van der Waals surface area (Å²) in [6.45, 7) is 2.21. The summed E-state index contributed by atoms with van der Waals surface area (Å²) < 4.78 is 42.9. The van der Waals surface area contributed by atoms with Gasteiger partial charge in [-0.3, -0.25) is 4.79 Å². The maximum Gasteiger partial charge on any atom is 0.416 e. The Kier molecular flexibility index (Phi) is 5.72. The zero-order chi connectivity index (χ0) is 18.7. The predicted molar refractivity (Wildman–Crippen MR) is 83.0 cm³/mol. The average Bonchev–Trinajstić information content (AvgIpc) is 2.54. The lowest BCUT2D eigenvalue weighted by Gasteiger charge is -2.34. The fraction of sp³-hybridized carbons (Fsp3) is 0.529. The van der Waals surface area contributed by atoms with Crippen LogP contribution in [0.5, 0.6) is 0 Å². The number of carboxylic acid groups (broad SMARTS) is 1. The summed E-state index contributed by atoms with van der Waals surface area (Å²) in [6.07, 6.45) is -4.05. The lowest BCUT2D eigenvalue weighted by Crippen LogP contribution is -2.57. The minimum atomic E-state index is -4.41. The molecule has 8 heteroatoms. The smallest absolute Gasteiger partial charge is 0.416 e. The van der Waals surface area contributed by atoms with Crippen LogP contribution in [0.15, 0.2) is 24.3 Å². The van der Waals surface area contributed by atoms with Crippen LogP contribution in [0.25, 0.3) is 0 Å². The molecule has 2 rings (SSSR count). The molecule has 1 heterocycles. The number of carbonyl (C=O) groups excluding carboxylic acids is 1. The number of nitrogens with one attached hydrogen (secondary N) is 1. The van der Waals surface area contributed by atoms with Crippen molar-refractivity contribution in [2.75, 3.05) is 13.2 Å². The van der Waals surface area contributed by atoms with Crippen LogP contribution in [0.2, 0.25) is 0 Å². The maximum absolute atomic E-state index is 12.6. The second kappa shape index (κ2) is 7.43. The first-order valence-corrected chi connectivity index (χ1v) is 7.93. The van der Waals surface area contributed by atoms with Crippen molar-refractivity contribution in [3.63, 3.8) is 0 Å². The molecule has 5 nitrogen and oxygen atoms in total. The van der Waals surface area contributed by atoms with Crippen molar-refractivity contribution in [2.45, 2.75) is 43.8 Å². The van der Waals surface area contributed by atoms with Gasteiger partial charge in [0, 0.05) is 32.5 Å². The highest BCUT2D eigenvalue weighted by Gasteiger charge is 2.41. The van der Waals surface area contributed by atoms with Crippen molar-refractivity contribution in [1.82, 2.24) is 5.32 Å². The lowest BCUT2D eigenvalue weighted by atomic mass is 9.89. The molecule has 1 aliphatic rings. The normalized spacial score (nSPS) is 18.4. The van der Waals surface area contributed by atoms with Gasteiger partial charge in [-0.05, 0) is 23.6 Å². The van der Waals surface area contributed by atoms with Crippen molar-refractivity contribution in [1.29, 1.82) is 0 Å². The summed E-state index contributed by atoms with van der Waals surface area (Å²) in [6, 6.07) is 4.62. The van der Waals surface area contributed by atoms with Gasteiger partial charge in [0.15, 0.2) is 0 Å². The van der Waals surface area contributed by atoms with Gasteiger partial charge in [-0.15, -0.1) is 0 Å². The number of carbonyl (C=O) groups is 2. The summed E-state index contributed by atoms with van der Waals surface area (Å²) in [7, 11) is 0. The summed E-state index contributed by atoms with van der Waals surface area (Å²) in [5, 5.41) is 12.0. The van der Waals surface area contributed by atoms with Crippen LogP contribution in [-0.4, -0.2) is 35.7 Å². The van der Waals surface area contributed by atoms with E-state index in [2.05, 4.69) is 5.32 Å². The Morgan fingerprint density at radius 2 is 1.80 bits per heavy atom. The lowest BCUT2D eigenvalue weighted by molar-refractivity contribution is -0.152. The maximum atomic E-state index is 12.6. The largest absolute Gasteiger partial charge is 0.480 e. The van der Waals surface area contributed by atoms with Crippen molar-refractivity contribution in [3.05, 3.63) is 35.4 Å². The topological polar surface area (TPSA) is 75.6 Å². The molecule has 1 fully saturated rings. The van der Waals surface area contributed by atoms with Crippen LogP contribution in [0.1, 0.15) is 43.2 Å². The highest BCUT2D eigenvalue weighted by atomic mass is 19.4. The standard InChI is InChI=1S/C17H20F3NO4/c1-11(12-2-4-13(5-3-12)17(18,19)20)10-14(22)21-16(15(23)24)6-8-25-9-7-16/h2-5,11H,6-10H2,1H3,(H,21,22)(H,23,24). The Labute approximate surface area is 143 Å². The molecule has 25 heavy (non-hydrogen) atoms. The Hall–Kier alpha value is -2.09. The first-order valence-electron chi connectivity index (χ1n) is 7.93. The van der Waals surface area contributed by atoms with Crippen molar-refractivity contribution in [2.24, 2.45) is 0 Å². The second-order valence-corrected chi connectivity index (χ2v) is 6.27. The summed E-state index contributed by atoms with van der Waals surface area (Å²) >= 11 is 0. The van der Waals surface area contributed by atoms with E-state index in [-0.39, 0.29) is 38.4 Å². The van der Waals surface area contributed by atoms with Crippen LogP contribution in [-0.2, 0) is 20.5 Å². The first-order chi connectivity index (χ1) is 11.6. The second-order valence-electron chi connectivity index (χ2n) is 6.27. The fourth-order valence-corrected chi connectivity index (χ4v) is 2.83. The molecule has 1 aliphatic heterocycles. The van der Waals surface area contributed by atoms with Gasteiger partial charge >= 0.3 is 12.1 Å². The summed E-state index contributed by atoms with van der Waals surface area (Å²) in [5.74, 6) is -1.89. The SMILES string of the molecule is CC(CC(=O)NC1(C(=O)O)CCOCC1)c1ccc(C(F)(F)F)cc1. The monoisotopic (exact) mass is 359 g/mol. The van der Waals surface area contributed by atoms with Gasteiger partial charge in [-0.25, -0.2) is 4.79 Å². The third-order valence-electron chi connectivity index (χ3n) is 4.43. The molecule has 0 aromatic heterocycles. The zero-order valence-electron chi connectivity index (χ0n) is 13.7. The Morgan fingerprint density at radius 3 is 2.28 bits per heavy atom. The molecule has 1 atom stereocenters. The van der Waals surface area contributed by atoms with Gasteiger partial charge in [-0.2, -0.15) is 13.2 Å². The molecule has 1 aromatic carbocycles. The molecule has 0 saturated carbocycles. The molecule has 0 spiro atoms. The number of hydrogen-bond acceptors (Lipinski definition) is 3. The quantitative estimate of drug-likeness (QED) is 0.848. The van der Waals surface area contributed by atoms with E-state index in [1.165, 1.54) is 12.1 Å². The average molecular weight is 359 g/mol. The molecule has 1 unspecified atom stereocenters. The molecule has 1 amide bonds. The number of hydrogen-bond donors (Lipinski definition) is 2. The molecule has 2 N–H and O–H groups in total. The van der Waals surface area contributed by atoms with Gasteiger partial charge in [0.1, 0.15) is 5.54 Å². The number of benzene rings is 1. The number of halogens is 3. The van der Waals surface area contributed by atoms with Crippen LogP contribution in [0.3, 0.4) is 0 Å². The molecular weight excluding hydrogens is 339 g/mol. The van der Waals surface area contributed by atoms with Crippen LogP contribution in [0.4, 0.5) is 13.2 Å². The number of ether oxygens (including phenoxy) is 1. The number of rotatable bonds is 5. The van der Waals surface area contributed by atoms with E-state index in [0.717, 1.165) is 12.1 Å². The molecule has 0 aliphatic carbocycles. The zero-order valence-corrected chi connectivity index (χ0v) is 13.7. The van der Waals surface area contributed by atoms with E-state index in [4.69, 9.17) is 4.74 Å². The molecular formula is C17H20F3NO4. The van der Waals surface area contributed by atoms with Gasteiger partial charge in [0.05, 0.1) is 5.56 Å². The van der Waals surface area contributed by atoms with Gasteiger partial charge < -0.3 is 15.2 Å². The molecule has 1 saturated heterocycles. The van der Waals surface area contributed by atoms with Gasteiger partial charge in [0.2, 0.25) is 5.91 Å². The highest BCUT2D eigenvalue weighted by Crippen LogP contribution is 2.31. The van der Waals surface area contributed by atoms with Gasteiger partial charge in [0.25, 0.3) is 0 Å². The van der Waals surface area contributed by atoms with E-state index >= 15 is 0 Å². The molecule has 0 bridgehead atoms. The molecule has 138 valence electrons. The van der Waals surface area contributed by atoms with E-state index in [0.29, 0.717) is 5.56 Å². The van der Waals surface area contributed by atoms with E-state index in [1.807, 2.05) is 0 Å². The number of carboxylic acids is 1. The minimum absolute atomic E-state index is 0.0126. The predicted octanol–water partition coefficient (Wildman–Crippen LogP) is 2.95. The Bertz CT molecular complexity index is 622. The van der Waals surface area contributed by atoms with Crippen LogP contribution < -0.4 is 5.32 Å². The molecule has 0 radical (unpaired) electrons. The van der Waals surface area contributed by atoms with Crippen LogP contribution >= 0.6 is 0 Å². The third-order valence-corrected chi connectivity index (χ3v) is 4.43. The first kappa shape index (κ1) is 19.2. The van der Waals surface area contributed by atoms with E-state index in [9.17, 15) is 27.9 Å². The van der Waals surface area contributed by atoms with E-state index in [1.54, 1.807) is 6.92 Å². The Balaban J connectivity index is 2.00. The van der Waals surface area contributed by atoms with Crippen molar-refractivity contribution in [3.8, 4) is 0 Å². The molecule has 1 aromatic rings. The number of aliphatic carboxylic acids is 1. The summed E-state index contributed by atoms with van der Waals surface area (Å²) in [5.41, 5.74) is -1.51. The fourth-order valence-electron chi connectivity index (χ4n) is 2.83. The van der Waals surface area contributed by atoms with Crippen molar-refractivity contribution >= 4 is 11.9 Å². The number of alkyl halides is 3. The van der Waals surface area contributed by atoms with Gasteiger partial charge in [-0.1, -0.05) is 19.1 Å². The van der Waals surface area contributed by atoms with E-state index < -0.39 is 29.2 Å². The van der Waals surface area contributed by atoms with Crippen LogP contribution in [0, 0.1) is 0 Å². The van der Waals surface area contributed by atoms with Crippen molar-refractivity contribution < 1.29 is 32.6 Å². The minimum Gasteiger partial charge on any atom is -0.480 e.